The Kier molecular flexibility index (Phi) is 4.62. The van der Waals surface area contributed by atoms with E-state index in [0.29, 0.717) is 25.3 Å². The molecule has 2 aromatic carbocycles. The molecule has 5 rings (SSSR count). The largest absolute Gasteiger partial charge is 0.377 e. The standard InChI is InChI=1S/C23H18FN5O/c24-19-3-1-2-18(12-19)21-15-30-11-10-28(21)23-9-8-22-26-14-20(29(22)27-23)17-6-4-16(13-25)5-7-17/h1-9,12,14,21H,10-11,15H2. The van der Waals surface area contributed by atoms with Gasteiger partial charge in [0.15, 0.2) is 5.65 Å². The van der Waals surface area contributed by atoms with E-state index in [1.165, 1.54) is 6.07 Å². The highest BCUT2D eigenvalue weighted by atomic mass is 19.1. The van der Waals surface area contributed by atoms with Crippen LogP contribution >= 0.6 is 0 Å². The lowest BCUT2D eigenvalue weighted by Crippen LogP contribution is -2.40. The van der Waals surface area contributed by atoms with E-state index in [9.17, 15) is 4.39 Å². The van der Waals surface area contributed by atoms with Crippen LogP contribution in [0.1, 0.15) is 17.2 Å². The van der Waals surface area contributed by atoms with Crippen molar-refractivity contribution in [2.75, 3.05) is 24.7 Å². The van der Waals surface area contributed by atoms with Crippen LogP contribution in [0.2, 0.25) is 0 Å². The maximum absolute atomic E-state index is 13.8. The second kappa shape index (κ2) is 7.58. The molecule has 30 heavy (non-hydrogen) atoms. The monoisotopic (exact) mass is 399 g/mol. The molecule has 0 radical (unpaired) electrons. The zero-order valence-electron chi connectivity index (χ0n) is 16.1. The number of morpholine rings is 1. The number of rotatable bonds is 3. The molecular formula is C23H18FN5O. The van der Waals surface area contributed by atoms with Crippen LogP contribution in [0.15, 0.2) is 66.9 Å². The average Bonchev–Trinajstić information content (AvgIpc) is 3.22. The van der Waals surface area contributed by atoms with Crippen molar-refractivity contribution < 1.29 is 9.13 Å². The maximum atomic E-state index is 13.8. The van der Waals surface area contributed by atoms with Crippen molar-refractivity contribution in [2.24, 2.45) is 0 Å². The zero-order valence-corrected chi connectivity index (χ0v) is 16.1. The molecule has 1 saturated heterocycles. The minimum absolute atomic E-state index is 0.124. The molecule has 1 aliphatic heterocycles. The minimum Gasteiger partial charge on any atom is -0.377 e. The Hall–Kier alpha value is -3.76. The SMILES string of the molecule is N#Cc1ccc(-c2cnc3ccc(N4CCOCC4c4cccc(F)c4)nn23)cc1. The number of halogens is 1. The molecule has 2 aromatic heterocycles. The zero-order chi connectivity index (χ0) is 20.5. The lowest BCUT2D eigenvalue weighted by atomic mass is 10.0. The Morgan fingerprint density at radius 3 is 2.77 bits per heavy atom. The second-order valence-corrected chi connectivity index (χ2v) is 7.13. The summed E-state index contributed by atoms with van der Waals surface area (Å²) < 4.78 is 21.3. The van der Waals surface area contributed by atoms with Crippen molar-refractivity contribution in [3.8, 4) is 17.3 Å². The summed E-state index contributed by atoms with van der Waals surface area (Å²) >= 11 is 0. The lowest BCUT2D eigenvalue weighted by molar-refractivity contribution is 0.0935. The van der Waals surface area contributed by atoms with E-state index >= 15 is 0 Å². The molecule has 0 aliphatic carbocycles. The molecule has 1 aliphatic rings. The van der Waals surface area contributed by atoms with Gasteiger partial charge in [-0.2, -0.15) is 5.26 Å². The van der Waals surface area contributed by atoms with Crippen molar-refractivity contribution >= 4 is 11.5 Å². The second-order valence-electron chi connectivity index (χ2n) is 7.13. The van der Waals surface area contributed by atoms with Crippen LogP contribution in [0.5, 0.6) is 0 Å². The fourth-order valence-corrected chi connectivity index (χ4v) is 3.80. The van der Waals surface area contributed by atoms with E-state index in [0.717, 1.165) is 28.3 Å². The normalized spacial score (nSPS) is 16.5. The summed E-state index contributed by atoms with van der Waals surface area (Å²) in [6.45, 7) is 1.70. The fraction of sp³-hybridized carbons (Fsp3) is 0.174. The van der Waals surface area contributed by atoms with Crippen LogP contribution in [0.4, 0.5) is 10.2 Å². The molecule has 148 valence electrons. The molecule has 0 spiro atoms. The Labute approximate surface area is 172 Å². The summed E-state index contributed by atoms with van der Waals surface area (Å²) in [6.07, 6.45) is 1.77. The Balaban J connectivity index is 1.55. The minimum atomic E-state index is -0.265. The summed E-state index contributed by atoms with van der Waals surface area (Å²) in [6, 6.07) is 19.8. The first-order valence-electron chi connectivity index (χ1n) is 9.68. The molecule has 0 N–H and O–H groups in total. The van der Waals surface area contributed by atoms with Crippen LogP contribution in [0.25, 0.3) is 16.9 Å². The van der Waals surface area contributed by atoms with Gasteiger partial charge in [0.2, 0.25) is 0 Å². The third-order valence-corrected chi connectivity index (χ3v) is 5.31. The van der Waals surface area contributed by atoms with Gasteiger partial charge in [0.05, 0.1) is 42.8 Å². The van der Waals surface area contributed by atoms with Gasteiger partial charge in [-0.3, -0.25) is 0 Å². The Bertz CT molecular complexity index is 1240. The topological polar surface area (TPSA) is 66.5 Å². The quantitative estimate of drug-likeness (QED) is 0.521. The highest BCUT2D eigenvalue weighted by molar-refractivity contribution is 5.64. The number of hydrogen-bond acceptors (Lipinski definition) is 5. The van der Waals surface area contributed by atoms with Gasteiger partial charge in [0.1, 0.15) is 11.6 Å². The molecule has 1 atom stereocenters. The molecule has 1 fully saturated rings. The molecule has 7 heteroatoms. The maximum Gasteiger partial charge on any atom is 0.154 e. The van der Waals surface area contributed by atoms with Gasteiger partial charge < -0.3 is 9.64 Å². The molecule has 0 amide bonds. The summed E-state index contributed by atoms with van der Waals surface area (Å²) in [4.78, 5) is 6.59. The summed E-state index contributed by atoms with van der Waals surface area (Å²) in [5.41, 5.74) is 3.96. The van der Waals surface area contributed by atoms with Gasteiger partial charge in [-0.1, -0.05) is 24.3 Å². The highest BCUT2D eigenvalue weighted by Gasteiger charge is 2.26. The Morgan fingerprint density at radius 2 is 1.97 bits per heavy atom. The first-order chi connectivity index (χ1) is 14.7. The summed E-state index contributed by atoms with van der Waals surface area (Å²) in [5, 5.41) is 13.9. The number of benzene rings is 2. The van der Waals surface area contributed by atoms with Crippen LogP contribution < -0.4 is 4.90 Å². The first kappa shape index (κ1) is 18.3. The van der Waals surface area contributed by atoms with Crippen molar-refractivity contribution in [1.82, 2.24) is 14.6 Å². The molecule has 6 nitrogen and oxygen atoms in total. The summed E-state index contributed by atoms with van der Waals surface area (Å²) in [7, 11) is 0. The van der Waals surface area contributed by atoms with E-state index in [4.69, 9.17) is 15.1 Å². The number of imidazole rings is 1. The third kappa shape index (κ3) is 3.27. The smallest absolute Gasteiger partial charge is 0.154 e. The molecule has 1 unspecified atom stereocenters. The van der Waals surface area contributed by atoms with Crippen molar-refractivity contribution in [2.45, 2.75) is 6.04 Å². The van der Waals surface area contributed by atoms with Gasteiger partial charge >= 0.3 is 0 Å². The third-order valence-electron chi connectivity index (χ3n) is 5.31. The van der Waals surface area contributed by atoms with E-state index < -0.39 is 0 Å². The number of nitrogens with zero attached hydrogens (tertiary/aromatic N) is 5. The van der Waals surface area contributed by atoms with Crippen molar-refractivity contribution in [3.63, 3.8) is 0 Å². The van der Waals surface area contributed by atoms with Crippen LogP contribution in [0.3, 0.4) is 0 Å². The predicted octanol–water partition coefficient (Wildman–Crippen LogP) is 3.98. The number of aromatic nitrogens is 3. The lowest BCUT2D eigenvalue weighted by Gasteiger charge is -2.36. The number of hydrogen-bond donors (Lipinski definition) is 0. The first-order valence-corrected chi connectivity index (χ1v) is 9.68. The van der Waals surface area contributed by atoms with Gasteiger partial charge in [-0.25, -0.2) is 13.9 Å². The van der Waals surface area contributed by atoms with E-state index in [1.807, 2.05) is 30.3 Å². The molecule has 3 heterocycles. The van der Waals surface area contributed by atoms with E-state index in [2.05, 4.69) is 16.0 Å². The van der Waals surface area contributed by atoms with Crippen LogP contribution in [-0.4, -0.2) is 34.4 Å². The van der Waals surface area contributed by atoms with Gasteiger partial charge in [-0.05, 0) is 42.0 Å². The number of fused-ring (bicyclic) bond motifs is 1. The summed E-state index contributed by atoms with van der Waals surface area (Å²) in [5.74, 6) is 0.507. The molecule has 0 bridgehead atoms. The number of nitriles is 1. The van der Waals surface area contributed by atoms with Gasteiger partial charge in [0.25, 0.3) is 0 Å². The Morgan fingerprint density at radius 1 is 1.10 bits per heavy atom. The fourth-order valence-electron chi connectivity index (χ4n) is 3.80. The van der Waals surface area contributed by atoms with Gasteiger partial charge in [-0.15, -0.1) is 5.10 Å². The van der Waals surface area contributed by atoms with Crippen LogP contribution in [-0.2, 0) is 4.74 Å². The molecular weight excluding hydrogens is 381 g/mol. The number of anilines is 1. The molecule has 0 saturated carbocycles. The number of ether oxygens (including phenoxy) is 1. The molecule has 4 aromatic rings. The highest BCUT2D eigenvalue weighted by Crippen LogP contribution is 2.30. The van der Waals surface area contributed by atoms with Crippen molar-refractivity contribution in [1.29, 1.82) is 5.26 Å². The van der Waals surface area contributed by atoms with E-state index in [-0.39, 0.29) is 11.9 Å². The predicted molar refractivity (Wildman–Crippen MR) is 110 cm³/mol. The van der Waals surface area contributed by atoms with E-state index in [1.54, 1.807) is 35.0 Å². The van der Waals surface area contributed by atoms with Gasteiger partial charge in [0, 0.05) is 12.1 Å². The van der Waals surface area contributed by atoms with Crippen LogP contribution in [0, 0.1) is 17.1 Å². The van der Waals surface area contributed by atoms with Crippen molar-refractivity contribution in [3.05, 3.63) is 83.8 Å². The average molecular weight is 399 g/mol.